The van der Waals surface area contributed by atoms with E-state index in [0.717, 1.165) is 22.6 Å². The third-order valence-electron chi connectivity index (χ3n) is 5.13. The summed E-state index contributed by atoms with van der Waals surface area (Å²) in [4.78, 5) is 17.4. The number of amides is 1. The molecule has 1 N–H and O–H groups in total. The van der Waals surface area contributed by atoms with Gasteiger partial charge in [0.1, 0.15) is 17.5 Å². The maximum atomic E-state index is 12.9. The van der Waals surface area contributed by atoms with Gasteiger partial charge in [0.2, 0.25) is 11.7 Å². The molecular weight excluding hydrogens is 424 g/mol. The number of carbonyl (C=O) groups is 1. The zero-order valence-corrected chi connectivity index (χ0v) is 18.7. The van der Waals surface area contributed by atoms with Crippen molar-refractivity contribution < 1.29 is 23.3 Å². The summed E-state index contributed by atoms with van der Waals surface area (Å²) < 4.78 is 21.2. The van der Waals surface area contributed by atoms with Gasteiger partial charge in [0, 0.05) is 17.2 Å². The van der Waals surface area contributed by atoms with Crippen LogP contribution in [0.5, 0.6) is 11.5 Å². The number of nitrogens with zero attached hydrogens (tertiary/aromatic N) is 3. The molecule has 0 saturated heterocycles. The van der Waals surface area contributed by atoms with Crippen molar-refractivity contribution in [1.29, 1.82) is 0 Å². The fourth-order valence-electron chi connectivity index (χ4n) is 3.22. The van der Waals surface area contributed by atoms with Gasteiger partial charge in [0.25, 0.3) is 5.91 Å². The Kier molecular flexibility index (Phi) is 6.39. The van der Waals surface area contributed by atoms with Crippen molar-refractivity contribution in [3.05, 3.63) is 66.2 Å². The van der Waals surface area contributed by atoms with E-state index in [2.05, 4.69) is 20.6 Å². The van der Waals surface area contributed by atoms with Crippen molar-refractivity contribution in [2.75, 3.05) is 14.2 Å². The number of nitrogens with one attached hydrogen (secondary N) is 1. The van der Waals surface area contributed by atoms with Crippen LogP contribution in [0.1, 0.15) is 36.3 Å². The van der Waals surface area contributed by atoms with Crippen LogP contribution < -0.4 is 14.8 Å². The first-order valence-corrected chi connectivity index (χ1v) is 10.4. The lowest BCUT2D eigenvalue weighted by atomic mass is 10.0. The lowest BCUT2D eigenvalue weighted by Crippen LogP contribution is -2.32. The maximum absolute atomic E-state index is 12.9. The number of ether oxygens (including phenoxy) is 2. The van der Waals surface area contributed by atoms with Crippen molar-refractivity contribution in [1.82, 2.24) is 20.6 Å². The van der Waals surface area contributed by atoms with Crippen LogP contribution in [0.4, 0.5) is 0 Å². The van der Waals surface area contributed by atoms with Crippen molar-refractivity contribution in [3.63, 3.8) is 0 Å². The van der Waals surface area contributed by atoms with Gasteiger partial charge < -0.3 is 23.8 Å². The molecule has 0 fully saturated rings. The molecule has 0 saturated carbocycles. The van der Waals surface area contributed by atoms with Gasteiger partial charge in [-0.3, -0.25) is 4.79 Å². The number of aromatic nitrogens is 3. The molecule has 170 valence electrons. The summed E-state index contributed by atoms with van der Waals surface area (Å²) in [5.41, 5.74) is 1.71. The number of carbonyl (C=O) groups excluding carboxylic acids is 1. The van der Waals surface area contributed by atoms with E-state index in [4.69, 9.17) is 18.5 Å². The summed E-state index contributed by atoms with van der Waals surface area (Å²) in [6, 6.07) is 15.7. The molecule has 0 aliphatic rings. The van der Waals surface area contributed by atoms with E-state index < -0.39 is 11.9 Å². The zero-order chi connectivity index (χ0) is 23.4. The molecule has 2 heterocycles. The standard InChI is InChI=1S/C24H24N4O5/c1-14(2)21(24-26-22(28-33-24)16-7-11-18(31-4)12-8-16)25-23(29)19-13-20(32-27-19)15-5-9-17(30-3)10-6-15/h5-14,21H,1-4H3,(H,25,29)/t21-/m0/s1. The molecule has 1 atom stereocenters. The smallest absolute Gasteiger partial charge is 0.274 e. The van der Waals surface area contributed by atoms with Gasteiger partial charge in [-0.25, -0.2) is 0 Å². The Morgan fingerprint density at radius 2 is 1.48 bits per heavy atom. The summed E-state index contributed by atoms with van der Waals surface area (Å²) in [5.74, 6) is 2.26. The van der Waals surface area contributed by atoms with Crippen molar-refractivity contribution in [2.24, 2.45) is 5.92 Å². The van der Waals surface area contributed by atoms with Gasteiger partial charge >= 0.3 is 0 Å². The number of rotatable bonds is 8. The van der Waals surface area contributed by atoms with Crippen LogP contribution in [0.25, 0.3) is 22.7 Å². The van der Waals surface area contributed by atoms with Gasteiger partial charge in [-0.1, -0.05) is 24.2 Å². The second kappa shape index (κ2) is 9.56. The Hall–Kier alpha value is -4.14. The molecule has 4 rings (SSSR count). The molecular formula is C24H24N4O5. The van der Waals surface area contributed by atoms with Gasteiger partial charge in [-0.15, -0.1) is 0 Å². The number of methoxy groups -OCH3 is 2. The van der Waals surface area contributed by atoms with E-state index in [1.807, 2.05) is 62.4 Å². The van der Waals surface area contributed by atoms with Gasteiger partial charge in [0.05, 0.1) is 14.2 Å². The first-order valence-electron chi connectivity index (χ1n) is 10.4. The molecule has 0 bridgehead atoms. The largest absolute Gasteiger partial charge is 0.497 e. The highest BCUT2D eigenvalue weighted by molar-refractivity contribution is 5.93. The molecule has 2 aromatic heterocycles. The lowest BCUT2D eigenvalue weighted by Gasteiger charge is -2.17. The first-order chi connectivity index (χ1) is 16.0. The third-order valence-corrected chi connectivity index (χ3v) is 5.13. The van der Waals surface area contributed by atoms with Crippen LogP contribution in [0, 0.1) is 5.92 Å². The highest BCUT2D eigenvalue weighted by atomic mass is 16.5. The van der Waals surface area contributed by atoms with Crippen molar-refractivity contribution in [2.45, 2.75) is 19.9 Å². The Morgan fingerprint density at radius 3 is 2.06 bits per heavy atom. The van der Waals surface area contributed by atoms with Crippen LogP contribution in [0.2, 0.25) is 0 Å². The third kappa shape index (κ3) is 4.87. The predicted octanol–water partition coefficient (Wildman–Crippen LogP) is 4.54. The SMILES string of the molecule is COc1ccc(-c2noc([C@@H](NC(=O)c3cc(-c4ccc(OC)cc4)on3)C(C)C)n2)cc1. The second-order valence-corrected chi connectivity index (χ2v) is 7.68. The van der Waals surface area contributed by atoms with Crippen LogP contribution in [-0.4, -0.2) is 35.4 Å². The minimum Gasteiger partial charge on any atom is -0.497 e. The van der Waals surface area contributed by atoms with Crippen LogP contribution in [0.15, 0.2) is 63.6 Å². The number of benzene rings is 2. The molecule has 0 spiro atoms. The highest BCUT2D eigenvalue weighted by Crippen LogP contribution is 2.26. The van der Waals surface area contributed by atoms with Crippen LogP contribution in [0.3, 0.4) is 0 Å². The average Bonchev–Trinajstić information content (AvgIpc) is 3.53. The fraction of sp³-hybridized carbons (Fsp3) is 0.250. The van der Waals surface area contributed by atoms with Crippen LogP contribution in [-0.2, 0) is 0 Å². The maximum Gasteiger partial charge on any atom is 0.274 e. The van der Waals surface area contributed by atoms with Crippen LogP contribution >= 0.6 is 0 Å². The summed E-state index contributed by atoms with van der Waals surface area (Å²) in [5, 5.41) is 10.9. The summed E-state index contributed by atoms with van der Waals surface area (Å²) >= 11 is 0. The molecule has 0 aliphatic heterocycles. The lowest BCUT2D eigenvalue weighted by molar-refractivity contribution is 0.0904. The van der Waals surface area contributed by atoms with Crippen molar-refractivity contribution >= 4 is 5.91 Å². The molecule has 4 aromatic rings. The normalized spacial score (nSPS) is 11.9. The minimum atomic E-state index is -0.502. The summed E-state index contributed by atoms with van der Waals surface area (Å²) in [7, 11) is 3.20. The molecule has 0 radical (unpaired) electrons. The van der Waals surface area contributed by atoms with E-state index in [-0.39, 0.29) is 11.6 Å². The molecule has 2 aromatic carbocycles. The molecule has 33 heavy (non-hydrogen) atoms. The van der Waals surface area contributed by atoms with E-state index in [0.29, 0.717) is 17.5 Å². The molecule has 9 heteroatoms. The molecule has 1 amide bonds. The Labute approximate surface area is 190 Å². The Bertz CT molecular complexity index is 1210. The zero-order valence-electron chi connectivity index (χ0n) is 18.7. The van der Waals surface area contributed by atoms with Gasteiger partial charge in [0.15, 0.2) is 11.5 Å². The number of hydrogen-bond acceptors (Lipinski definition) is 8. The number of hydrogen-bond donors (Lipinski definition) is 1. The topological polar surface area (TPSA) is 113 Å². The summed E-state index contributed by atoms with van der Waals surface area (Å²) in [6.45, 7) is 3.90. The quantitative estimate of drug-likeness (QED) is 0.418. The molecule has 0 unspecified atom stereocenters. The average molecular weight is 448 g/mol. The Balaban J connectivity index is 1.50. The monoisotopic (exact) mass is 448 g/mol. The van der Waals surface area contributed by atoms with Gasteiger partial charge in [-0.2, -0.15) is 4.98 Å². The highest BCUT2D eigenvalue weighted by Gasteiger charge is 2.27. The molecule has 0 aliphatic carbocycles. The first kappa shape index (κ1) is 22.1. The van der Waals surface area contributed by atoms with E-state index in [1.165, 1.54) is 0 Å². The second-order valence-electron chi connectivity index (χ2n) is 7.68. The minimum absolute atomic E-state index is 0.00826. The van der Waals surface area contributed by atoms with Gasteiger partial charge in [-0.05, 0) is 54.4 Å². The van der Waals surface area contributed by atoms with E-state index >= 15 is 0 Å². The van der Waals surface area contributed by atoms with E-state index in [9.17, 15) is 4.79 Å². The van der Waals surface area contributed by atoms with E-state index in [1.54, 1.807) is 20.3 Å². The Morgan fingerprint density at radius 1 is 0.879 bits per heavy atom. The molecule has 9 nitrogen and oxygen atoms in total. The summed E-state index contributed by atoms with van der Waals surface area (Å²) in [6.07, 6.45) is 0. The van der Waals surface area contributed by atoms with Crippen molar-refractivity contribution in [3.8, 4) is 34.2 Å². The predicted molar refractivity (Wildman–Crippen MR) is 120 cm³/mol. The fourth-order valence-corrected chi connectivity index (χ4v) is 3.22.